The van der Waals surface area contributed by atoms with Gasteiger partial charge in [0.05, 0.1) is 6.10 Å². The minimum atomic E-state index is -0.534. The normalized spacial score (nSPS) is 21.6. The van der Waals surface area contributed by atoms with Gasteiger partial charge in [0.15, 0.2) is 0 Å². The predicted molar refractivity (Wildman–Crippen MR) is 75.6 cm³/mol. The number of rotatable bonds is 1. The van der Waals surface area contributed by atoms with Crippen molar-refractivity contribution in [3.05, 3.63) is 64.2 Å². The Morgan fingerprint density at radius 1 is 1.16 bits per heavy atom. The number of ether oxygens (including phenoxy) is 1. The van der Waals surface area contributed by atoms with Gasteiger partial charge < -0.3 is 9.84 Å². The van der Waals surface area contributed by atoms with Gasteiger partial charge in [-0.05, 0) is 30.7 Å². The summed E-state index contributed by atoms with van der Waals surface area (Å²) in [5.41, 5.74) is 3.08. The molecule has 0 saturated heterocycles. The molecule has 1 aliphatic rings. The second-order valence-electron chi connectivity index (χ2n) is 4.95. The third kappa shape index (κ3) is 2.46. The summed E-state index contributed by atoms with van der Waals surface area (Å²) in [7, 11) is 0. The lowest BCUT2D eigenvalue weighted by atomic mass is 9.94. The quantitative estimate of drug-likeness (QED) is 0.844. The number of aliphatic hydroxyl groups is 1. The van der Waals surface area contributed by atoms with Crippen LogP contribution >= 0.6 is 11.6 Å². The van der Waals surface area contributed by atoms with Gasteiger partial charge in [-0.3, -0.25) is 0 Å². The van der Waals surface area contributed by atoms with E-state index in [0.29, 0.717) is 17.2 Å². The van der Waals surface area contributed by atoms with E-state index in [2.05, 4.69) is 19.1 Å². The highest BCUT2D eigenvalue weighted by Crippen LogP contribution is 2.41. The molecule has 1 unspecified atom stereocenters. The maximum atomic E-state index is 10.2. The molecule has 0 aliphatic carbocycles. The lowest BCUT2D eigenvalue weighted by molar-refractivity contribution is 0.0657. The summed E-state index contributed by atoms with van der Waals surface area (Å²) in [6.07, 6.45) is -0.0887. The third-order valence-corrected chi connectivity index (χ3v) is 3.72. The van der Waals surface area contributed by atoms with Gasteiger partial charge in [0.25, 0.3) is 0 Å². The minimum absolute atomic E-state index is 0.107. The Kier molecular flexibility index (Phi) is 3.21. The zero-order chi connectivity index (χ0) is 13.4. The number of hydrogen-bond donors (Lipinski definition) is 1. The van der Waals surface area contributed by atoms with Gasteiger partial charge in [0.2, 0.25) is 0 Å². The van der Waals surface area contributed by atoms with Crippen LogP contribution in [0.4, 0.5) is 0 Å². The lowest BCUT2D eigenvalue weighted by Gasteiger charge is -2.30. The van der Waals surface area contributed by atoms with Crippen LogP contribution in [0.1, 0.15) is 35.3 Å². The summed E-state index contributed by atoms with van der Waals surface area (Å²) < 4.78 is 5.96. The first-order valence-corrected chi connectivity index (χ1v) is 6.72. The van der Waals surface area contributed by atoms with Crippen LogP contribution in [0.15, 0.2) is 42.5 Å². The van der Waals surface area contributed by atoms with Crippen LogP contribution in [0.5, 0.6) is 5.75 Å². The van der Waals surface area contributed by atoms with E-state index in [9.17, 15) is 5.11 Å². The molecule has 1 N–H and O–H groups in total. The summed E-state index contributed by atoms with van der Waals surface area (Å²) in [4.78, 5) is 0. The van der Waals surface area contributed by atoms with Gasteiger partial charge in [-0.1, -0.05) is 41.4 Å². The Morgan fingerprint density at radius 3 is 2.63 bits per heavy atom. The second kappa shape index (κ2) is 4.87. The Labute approximate surface area is 117 Å². The van der Waals surface area contributed by atoms with Crippen LogP contribution in [0.3, 0.4) is 0 Å². The molecular weight excluding hydrogens is 260 g/mol. The zero-order valence-electron chi connectivity index (χ0n) is 10.6. The first kappa shape index (κ1) is 12.5. The van der Waals surface area contributed by atoms with Crippen molar-refractivity contribution in [3.8, 4) is 5.75 Å². The number of benzene rings is 2. The smallest absolute Gasteiger partial charge is 0.127 e. The molecule has 3 rings (SSSR count). The fourth-order valence-electron chi connectivity index (χ4n) is 2.40. The summed E-state index contributed by atoms with van der Waals surface area (Å²) in [6.45, 7) is 2.05. The van der Waals surface area contributed by atoms with Gasteiger partial charge in [-0.15, -0.1) is 0 Å². The van der Waals surface area contributed by atoms with Crippen molar-refractivity contribution in [2.75, 3.05) is 0 Å². The van der Waals surface area contributed by atoms with E-state index in [1.54, 1.807) is 12.1 Å². The van der Waals surface area contributed by atoms with Crippen molar-refractivity contribution in [2.45, 2.75) is 25.6 Å². The van der Waals surface area contributed by atoms with E-state index in [1.165, 1.54) is 5.56 Å². The average molecular weight is 275 g/mol. The zero-order valence-corrected chi connectivity index (χ0v) is 11.4. The molecule has 0 radical (unpaired) electrons. The first-order chi connectivity index (χ1) is 9.13. The molecule has 1 aliphatic heterocycles. The van der Waals surface area contributed by atoms with Crippen molar-refractivity contribution in [1.82, 2.24) is 0 Å². The summed E-state index contributed by atoms with van der Waals surface area (Å²) in [5, 5.41) is 10.9. The largest absolute Gasteiger partial charge is 0.485 e. The van der Waals surface area contributed by atoms with Crippen molar-refractivity contribution < 1.29 is 9.84 Å². The van der Waals surface area contributed by atoms with Crippen molar-refractivity contribution in [3.63, 3.8) is 0 Å². The van der Waals surface area contributed by atoms with Crippen molar-refractivity contribution in [2.24, 2.45) is 0 Å². The number of aliphatic hydroxyl groups excluding tert-OH is 1. The van der Waals surface area contributed by atoms with Crippen LogP contribution in [0.2, 0.25) is 5.02 Å². The van der Waals surface area contributed by atoms with Crippen LogP contribution in [-0.4, -0.2) is 5.11 Å². The second-order valence-corrected chi connectivity index (χ2v) is 5.39. The summed E-state index contributed by atoms with van der Waals surface area (Å²) in [5.74, 6) is 0.716. The number of fused-ring (bicyclic) bond motifs is 1. The molecule has 0 spiro atoms. The average Bonchev–Trinajstić information content (AvgIpc) is 2.40. The Bertz CT molecular complexity index is 592. The maximum absolute atomic E-state index is 10.2. The van der Waals surface area contributed by atoms with Gasteiger partial charge in [-0.25, -0.2) is 0 Å². The highest BCUT2D eigenvalue weighted by Gasteiger charge is 2.28. The highest BCUT2D eigenvalue weighted by molar-refractivity contribution is 6.30. The topological polar surface area (TPSA) is 29.5 Å². The van der Waals surface area contributed by atoms with E-state index >= 15 is 0 Å². The Hall–Kier alpha value is -1.51. The SMILES string of the molecule is Cc1ccc(C2C[C@@H](O)c3cc(Cl)ccc3O2)cc1. The summed E-state index contributed by atoms with van der Waals surface area (Å²) in [6, 6.07) is 13.6. The standard InChI is InChI=1S/C16H15ClO2/c1-10-2-4-11(5-3-10)16-9-14(18)13-8-12(17)6-7-15(13)19-16/h2-8,14,16,18H,9H2,1H3/t14-,16?/m1/s1. The number of aryl methyl sites for hydroxylation is 1. The molecule has 19 heavy (non-hydrogen) atoms. The maximum Gasteiger partial charge on any atom is 0.127 e. The number of halogens is 1. The number of hydrogen-bond acceptors (Lipinski definition) is 2. The third-order valence-electron chi connectivity index (χ3n) is 3.49. The molecular formula is C16H15ClO2. The fraction of sp³-hybridized carbons (Fsp3) is 0.250. The van der Waals surface area contributed by atoms with E-state index in [0.717, 1.165) is 11.1 Å². The molecule has 2 aromatic rings. The van der Waals surface area contributed by atoms with Crippen LogP contribution < -0.4 is 4.74 Å². The molecule has 1 heterocycles. The Morgan fingerprint density at radius 2 is 1.89 bits per heavy atom. The molecule has 2 nitrogen and oxygen atoms in total. The van der Waals surface area contributed by atoms with Crippen molar-refractivity contribution >= 4 is 11.6 Å². The van der Waals surface area contributed by atoms with Crippen LogP contribution in [0.25, 0.3) is 0 Å². The lowest BCUT2D eigenvalue weighted by Crippen LogP contribution is -2.19. The Balaban J connectivity index is 1.92. The van der Waals surface area contributed by atoms with Gasteiger partial charge >= 0.3 is 0 Å². The van der Waals surface area contributed by atoms with Crippen LogP contribution in [0, 0.1) is 6.92 Å². The molecule has 3 heteroatoms. The molecule has 0 saturated carbocycles. The van der Waals surface area contributed by atoms with Gasteiger partial charge in [0.1, 0.15) is 11.9 Å². The molecule has 2 aromatic carbocycles. The molecule has 0 aromatic heterocycles. The highest BCUT2D eigenvalue weighted by atomic mass is 35.5. The van der Waals surface area contributed by atoms with Crippen molar-refractivity contribution in [1.29, 1.82) is 0 Å². The van der Waals surface area contributed by atoms with Gasteiger partial charge in [0, 0.05) is 17.0 Å². The first-order valence-electron chi connectivity index (χ1n) is 6.34. The van der Waals surface area contributed by atoms with E-state index < -0.39 is 6.10 Å². The minimum Gasteiger partial charge on any atom is -0.485 e. The molecule has 0 bridgehead atoms. The predicted octanol–water partition coefficient (Wildman–Crippen LogP) is 4.21. The molecule has 2 atom stereocenters. The van der Waals surface area contributed by atoms with E-state index in [4.69, 9.17) is 16.3 Å². The molecule has 0 fully saturated rings. The van der Waals surface area contributed by atoms with E-state index in [1.807, 2.05) is 18.2 Å². The van der Waals surface area contributed by atoms with Crippen LogP contribution in [-0.2, 0) is 0 Å². The molecule has 0 amide bonds. The summed E-state index contributed by atoms with van der Waals surface area (Å²) >= 11 is 5.95. The van der Waals surface area contributed by atoms with Gasteiger partial charge in [-0.2, -0.15) is 0 Å². The fourth-order valence-corrected chi connectivity index (χ4v) is 2.58. The van der Waals surface area contributed by atoms with E-state index in [-0.39, 0.29) is 6.10 Å². The molecule has 98 valence electrons. The monoisotopic (exact) mass is 274 g/mol.